The summed E-state index contributed by atoms with van der Waals surface area (Å²) in [6.07, 6.45) is 2.48. The van der Waals surface area contributed by atoms with Crippen LogP contribution in [0.4, 0.5) is 0 Å². The van der Waals surface area contributed by atoms with Crippen LogP contribution in [0.3, 0.4) is 0 Å². The minimum absolute atomic E-state index is 0.606. The topological polar surface area (TPSA) is 17.1 Å². The average molecular weight is 264 g/mol. The van der Waals surface area contributed by atoms with Crippen LogP contribution in [0.2, 0.25) is 0 Å². The quantitative estimate of drug-likeness (QED) is 0.362. The van der Waals surface area contributed by atoms with Crippen LogP contribution in [-0.4, -0.2) is 6.29 Å². The van der Waals surface area contributed by atoms with Crippen LogP contribution in [0.1, 0.15) is 5.56 Å². The van der Waals surface area contributed by atoms with Gasteiger partial charge in [-0.3, -0.25) is 4.79 Å². The second kappa shape index (κ2) is 7.25. The van der Waals surface area contributed by atoms with Crippen molar-refractivity contribution in [2.24, 2.45) is 0 Å². The summed E-state index contributed by atoms with van der Waals surface area (Å²) in [6, 6.07) is 19.5. The van der Waals surface area contributed by atoms with Crippen molar-refractivity contribution in [2.45, 2.75) is 4.90 Å². The fourth-order valence-electron chi connectivity index (χ4n) is 1.42. The first-order valence-electron chi connectivity index (χ1n) is 5.83. The molecule has 0 aliphatic carbocycles. The zero-order valence-corrected chi connectivity index (χ0v) is 11.1. The van der Waals surface area contributed by atoms with Gasteiger partial charge in [0.1, 0.15) is 0 Å². The van der Waals surface area contributed by atoms with Crippen LogP contribution in [0.25, 0.3) is 0 Å². The second-order valence-corrected chi connectivity index (χ2v) is 4.86. The summed E-state index contributed by atoms with van der Waals surface area (Å²) in [4.78, 5) is 12.6. The van der Waals surface area contributed by atoms with Gasteiger partial charge in [-0.05, 0) is 24.3 Å². The molecule has 1 nitrogen and oxygen atoms in total. The number of rotatable bonds is 3. The molecular weight excluding hydrogens is 252 g/mol. The maximum absolute atomic E-state index is 11.0. The van der Waals surface area contributed by atoms with E-state index in [0.29, 0.717) is 4.91 Å². The third kappa shape index (κ3) is 4.50. The number of allylic oxidation sites excluding steroid dienone is 2. The van der Waals surface area contributed by atoms with Crippen molar-refractivity contribution < 1.29 is 4.79 Å². The SMILES string of the molecule is O=C/C(=C/C#Cc1ccccc1)Sc1ccccc1. The Balaban J connectivity index is 2.08. The van der Waals surface area contributed by atoms with E-state index in [0.717, 1.165) is 16.7 Å². The fraction of sp³-hybridized carbons (Fsp3) is 0. The first-order valence-corrected chi connectivity index (χ1v) is 6.65. The molecule has 0 spiro atoms. The molecule has 0 saturated heterocycles. The molecular formula is C17H12OS. The lowest BCUT2D eigenvalue weighted by Crippen LogP contribution is -1.78. The molecule has 92 valence electrons. The third-order valence-corrected chi connectivity index (χ3v) is 3.26. The average Bonchev–Trinajstić information content (AvgIpc) is 2.48. The van der Waals surface area contributed by atoms with Gasteiger partial charge in [0.15, 0.2) is 6.29 Å². The van der Waals surface area contributed by atoms with Crippen LogP contribution in [0.15, 0.2) is 76.5 Å². The molecule has 0 aromatic heterocycles. The second-order valence-electron chi connectivity index (χ2n) is 3.72. The highest BCUT2D eigenvalue weighted by Crippen LogP contribution is 2.24. The van der Waals surface area contributed by atoms with Crippen LogP contribution < -0.4 is 0 Å². The molecule has 2 heteroatoms. The maximum atomic E-state index is 11.0. The number of thioether (sulfide) groups is 1. The van der Waals surface area contributed by atoms with Crippen LogP contribution in [-0.2, 0) is 4.79 Å². The molecule has 0 atom stereocenters. The Bertz CT molecular complexity index is 619. The van der Waals surface area contributed by atoms with Gasteiger partial charge >= 0.3 is 0 Å². The molecule has 19 heavy (non-hydrogen) atoms. The highest BCUT2D eigenvalue weighted by atomic mass is 32.2. The van der Waals surface area contributed by atoms with Crippen molar-refractivity contribution in [3.63, 3.8) is 0 Å². The van der Waals surface area contributed by atoms with Gasteiger partial charge in [-0.15, -0.1) is 0 Å². The molecule has 0 saturated carbocycles. The Morgan fingerprint density at radius 2 is 1.58 bits per heavy atom. The fourth-order valence-corrected chi connectivity index (χ4v) is 2.16. The first-order chi connectivity index (χ1) is 9.38. The molecule has 2 aromatic rings. The van der Waals surface area contributed by atoms with Gasteiger partial charge in [0.25, 0.3) is 0 Å². The number of carbonyl (C=O) groups excluding carboxylic acids is 1. The standard InChI is InChI=1S/C17H12OS/c18-14-17(19-16-11-5-2-6-12-16)13-7-10-15-8-3-1-4-9-15/h1-6,8-9,11-14H/b17-13-. The summed E-state index contributed by atoms with van der Waals surface area (Å²) in [6.45, 7) is 0. The Labute approximate surface area is 117 Å². The van der Waals surface area contributed by atoms with Crippen LogP contribution in [0, 0.1) is 11.8 Å². The van der Waals surface area contributed by atoms with Gasteiger partial charge in [0.2, 0.25) is 0 Å². The van der Waals surface area contributed by atoms with E-state index < -0.39 is 0 Å². The molecule has 0 unspecified atom stereocenters. The monoisotopic (exact) mass is 264 g/mol. The van der Waals surface area contributed by atoms with Crippen molar-refractivity contribution in [3.8, 4) is 11.8 Å². The van der Waals surface area contributed by atoms with E-state index >= 15 is 0 Å². The van der Waals surface area contributed by atoms with Gasteiger partial charge in [0, 0.05) is 16.5 Å². The lowest BCUT2D eigenvalue weighted by molar-refractivity contribution is -0.104. The molecule has 2 aromatic carbocycles. The van der Waals surface area contributed by atoms with E-state index in [1.54, 1.807) is 6.08 Å². The van der Waals surface area contributed by atoms with E-state index in [4.69, 9.17) is 0 Å². The molecule has 0 aliphatic rings. The summed E-state index contributed by atoms with van der Waals surface area (Å²) < 4.78 is 0. The van der Waals surface area contributed by atoms with Gasteiger partial charge in [-0.1, -0.05) is 60.0 Å². The summed E-state index contributed by atoms with van der Waals surface area (Å²) in [5.74, 6) is 5.91. The van der Waals surface area contributed by atoms with Crippen molar-refractivity contribution in [3.05, 3.63) is 77.2 Å². The van der Waals surface area contributed by atoms with Gasteiger partial charge in [-0.2, -0.15) is 0 Å². The van der Waals surface area contributed by atoms with E-state index in [1.807, 2.05) is 60.7 Å². The van der Waals surface area contributed by atoms with Crippen molar-refractivity contribution in [1.82, 2.24) is 0 Å². The van der Waals surface area contributed by atoms with Crippen molar-refractivity contribution in [2.75, 3.05) is 0 Å². The number of aldehydes is 1. The normalized spacial score (nSPS) is 10.4. The van der Waals surface area contributed by atoms with Crippen molar-refractivity contribution in [1.29, 1.82) is 0 Å². The van der Waals surface area contributed by atoms with Gasteiger partial charge in [0.05, 0.1) is 4.91 Å². The smallest absolute Gasteiger partial charge is 0.157 e. The lowest BCUT2D eigenvalue weighted by atomic mass is 10.2. The molecule has 0 N–H and O–H groups in total. The van der Waals surface area contributed by atoms with Gasteiger partial charge < -0.3 is 0 Å². The minimum Gasteiger partial charge on any atom is -0.297 e. The van der Waals surface area contributed by atoms with Crippen LogP contribution in [0.5, 0.6) is 0 Å². The number of hydrogen-bond donors (Lipinski definition) is 0. The number of benzene rings is 2. The summed E-state index contributed by atoms with van der Waals surface area (Å²) in [5.41, 5.74) is 0.939. The Hall–Kier alpha value is -2.24. The molecule has 0 aliphatic heterocycles. The highest BCUT2D eigenvalue weighted by molar-refractivity contribution is 8.03. The molecule has 0 bridgehead atoms. The molecule has 2 rings (SSSR count). The largest absolute Gasteiger partial charge is 0.297 e. The minimum atomic E-state index is 0.606. The van der Waals surface area contributed by atoms with E-state index in [9.17, 15) is 4.79 Å². The van der Waals surface area contributed by atoms with E-state index in [1.165, 1.54) is 11.8 Å². The Morgan fingerprint density at radius 1 is 0.947 bits per heavy atom. The van der Waals surface area contributed by atoms with Crippen LogP contribution >= 0.6 is 11.8 Å². The van der Waals surface area contributed by atoms with E-state index in [-0.39, 0.29) is 0 Å². The Morgan fingerprint density at radius 3 is 2.21 bits per heavy atom. The van der Waals surface area contributed by atoms with Crippen molar-refractivity contribution >= 4 is 18.0 Å². The summed E-state index contributed by atoms with van der Waals surface area (Å²) >= 11 is 1.41. The maximum Gasteiger partial charge on any atom is 0.157 e. The number of carbonyl (C=O) groups is 1. The zero-order chi connectivity index (χ0) is 13.3. The molecule has 0 amide bonds. The summed E-state index contributed by atoms with van der Waals surface area (Å²) in [5, 5.41) is 0. The lowest BCUT2D eigenvalue weighted by Gasteiger charge is -1.97. The predicted molar refractivity (Wildman–Crippen MR) is 79.8 cm³/mol. The van der Waals surface area contributed by atoms with Gasteiger partial charge in [-0.25, -0.2) is 0 Å². The van der Waals surface area contributed by atoms with E-state index in [2.05, 4.69) is 11.8 Å². The summed E-state index contributed by atoms with van der Waals surface area (Å²) in [7, 11) is 0. The Kier molecular flexibility index (Phi) is 5.04. The zero-order valence-electron chi connectivity index (χ0n) is 10.2. The molecule has 0 heterocycles. The molecule has 0 radical (unpaired) electrons. The first kappa shape index (κ1) is 13.2. The number of hydrogen-bond acceptors (Lipinski definition) is 2. The molecule has 0 fully saturated rings. The highest BCUT2D eigenvalue weighted by Gasteiger charge is 1.97. The predicted octanol–water partition coefficient (Wildman–Crippen LogP) is 3.91. The third-order valence-electron chi connectivity index (χ3n) is 2.30.